The molecule has 1 aliphatic heterocycles. The molecule has 0 unspecified atom stereocenters. The zero-order valence-corrected chi connectivity index (χ0v) is 14.0. The molecule has 6 heteroatoms. The predicted octanol–water partition coefficient (Wildman–Crippen LogP) is 3.28. The highest BCUT2D eigenvalue weighted by atomic mass is 32.1. The monoisotopic (exact) mass is 332 g/mol. The van der Waals surface area contributed by atoms with Gasteiger partial charge in [0.1, 0.15) is 13.2 Å². The Morgan fingerprint density at radius 3 is 2.83 bits per heavy atom. The minimum atomic E-state index is -0.0755. The Bertz CT molecular complexity index is 804. The molecule has 0 atom stereocenters. The standard InChI is InChI=1S/C17H20N2O3S/c1-3-5-6-16(20)18-17-19(7-4-2)12-10-13-14(11-15(12)23-17)22-9-8-21-13/h4,10-11H,2-3,5-9H2,1H3. The van der Waals surface area contributed by atoms with E-state index in [0.29, 0.717) is 31.0 Å². The Balaban J connectivity index is 2.09. The van der Waals surface area contributed by atoms with Crippen molar-refractivity contribution in [3.63, 3.8) is 0 Å². The molecule has 0 fully saturated rings. The summed E-state index contributed by atoms with van der Waals surface area (Å²) in [5, 5.41) is 0. The van der Waals surface area contributed by atoms with E-state index in [-0.39, 0.29) is 5.91 Å². The van der Waals surface area contributed by atoms with Crippen molar-refractivity contribution in [3.05, 3.63) is 29.6 Å². The van der Waals surface area contributed by atoms with Gasteiger partial charge in [0.2, 0.25) is 5.91 Å². The van der Waals surface area contributed by atoms with Gasteiger partial charge in [0.25, 0.3) is 0 Å². The zero-order valence-electron chi connectivity index (χ0n) is 13.2. The van der Waals surface area contributed by atoms with Gasteiger partial charge < -0.3 is 14.0 Å². The largest absolute Gasteiger partial charge is 0.486 e. The maximum Gasteiger partial charge on any atom is 0.248 e. The number of carbonyl (C=O) groups is 1. The van der Waals surface area contributed by atoms with Crippen LogP contribution in [0.25, 0.3) is 10.2 Å². The van der Waals surface area contributed by atoms with Gasteiger partial charge in [-0.05, 0) is 6.42 Å². The summed E-state index contributed by atoms with van der Waals surface area (Å²) < 4.78 is 14.3. The maximum absolute atomic E-state index is 12.0. The molecule has 23 heavy (non-hydrogen) atoms. The summed E-state index contributed by atoms with van der Waals surface area (Å²) >= 11 is 1.49. The third-order valence-corrected chi connectivity index (χ3v) is 4.66. The number of benzene rings is 1. The van der Waals surface area contributed by atoms with Crippen LogP contribution in [0.15, 0.2) is 29.8 Å². The van der Waals surface area contributed by atoms with Crippen molar-refractivity contribution < 1.29 is 14.3 Å². The predicted molar refractivity (Wildman–Crippen MR) is 91.1 cm³/mol. The number of aromatic nitrogens is 1. The van der Waals surface area contributed by atoms with Crippen LogP contribution in [-0.4, -0.2) is 23.7 Å². The number of rotatable bonds is 5. The second-order valence-corrected chi connectivity index (χ2v) is 6.37. The first-order valence-corrected chi connectivity index (χ1v) is 8.66. The summed E-state index contributed by atoms with van der Waals surface area (Å²) in [6, 6.07) is 3.92. The van der Waals surface area contributed by atoms with Gasteiger partial charge in [0, 0.05) is 25.1 Å². The lowest BCUT2D eigenvalue weighted by Gasteiger charge is -2.18. The van der Waals surface area contributed by atoms with E-state index in [1.54, 1.807) is 6.08 Å². The summed E-state index contributed by atoms with van der Waals surface area (Å²) in [6.07, 6.45) is 4.15. The lowest BCUT2D eigenvalue weighted by Crippen LogP contribution is -2.17. The van der Waals surface area contributed by atoms with Crippen LogP contribution in [0.5, 0.6) is 11.5 Å². The Labute approximate surface area is 138 Å². The average Bonchev–Trinajstić information content (AvgIpc) is 2.88. The normalized spacial score (nSPS) is 14.2. The maximum atomic E-state index is 12.0. The molecule has 1 aromatic heterocycles. The highest BCUT2D eigenvalue weighted by Gasteiger charge is 2.16. The number of hydrogen-bond acceptors (Lipinski definition) is 4. The molecular formula is C17H20N2O3S. The van der Waals surface area contributed by atoms with Gasteiger partial charge in [-0.1, -0.05) is 30.8 Å². The molecule has 1 aliphatic rings. The molecule has 0 bridgehead atoms. The van der Waals surface area contributed by atoms with Gasteiger partial charge in [0.15, 0.2) is 16.3 Å². The average molecular weight is 332 g/mol. The highest BCUT2D eigenvalue weighted by Crippen LogP contribution is 2.35. The second kappa shape index (κ2) is 7.00. The lowest BCUT2D eigenvalue weighted by molar-refractivity contribution is -0.118. The number of hydrogen-bond donors (Lipinski definition) is 0. The third kappa shape index (κ3) is 3.32. The van der Waals surface area contributed by atoms with Crippen LogP contribution in [0.2, 0.25) is 0 Å². The number of thiazole rings is 1. The van der Waals surface area contributed by atoms with E-state index in [1.165, 1.54) is 11.3 Å². The number of unbranched alkanes of at least 4 members (excludes halogenated alkanes) is 1. The van der Waals surface area contributed by atoms with Gasteiger partial charge in [-0.15, -0.1) is 6.58 Å². The van der Waals surface area contributed by atoms with Crippen LogP contribution < -0.4 is 14.3 Å². The van der Waals surface area contributed by atoms with E-state index in [2.05, 4.69) is 18.5 Å². The summed E-state index contributed by atoms with van der Waals surface area (Å²) in [4.78, 5) is 17.0. The van der Waals surface area contributed by atoms with Crippen molar-refractivity contribution in [3.8, 4) is 11.5 Å². The van der Waals surface area contributed by atoms with Gasteiger partial charge in [0.05, 0.1) is 10.2 Å². The first kappa shape index (κ1) is 15.8. The first-order chi connectivity index (χ1) is 11.2. The molecule has 0 radical (unpaired) electrons. The summed E-state index contributed by atoms with van der Waals surface area (Å²) in [5.74, 6) is 1.41. The van der Waals surface area contributed by atoms with E-state index in [9.17, 15) is 4.79 Å². The summed E-state index contributed by atoms with van der Waals surface area (Å²) in [6.45, 7) is 7.57. The van der Waals surface area contributed by atoms with Gasteiger partial charge >= 0.3 is 0 Å². The summed E-state index contributed by atoms with van der Waals surface area (Å²) in [7, 11) is 0. The number of allylic oxidation sites excluding steroid dienone is 1. The van der Waals surface area contributed by atoms with E-state index < -0.39 is 0 Å². The number of amides is 1. The number of nitrogens with zero attached hydrogens (tertiary/aromatic N) is 2. The topological polar surface area (TPSA) is 52.8 Å². The van der Waals surface area contributed by atoms with E-state index in [0.717, 1.165) is 34.6 Å². The van der Waals surface area contributed by atoms with Gasteiger partial charge in [-0.25, -0.2) is 0 Å². The lowest BCUT2D eigenvalue weighted by atomic mass is 10.2. The smallest absolute Gasteiger partial charge is 0.248 e. The van der Waals surface area contributed by atoms with E-state index >= 15 is 0 Å². The molecule has 0 aliphatic carbocycles. The van der Waals surface area contributed by atoms with Crippen LogP contribution in [0.3, 0.4) is 0 Å². The van der Waals surface area contributed by atoms with Crippen molar-refractivity contribution in [1.82, 2.24) is 4.57 Å². The molecule has 0 saturated heterocycles. The van der Waals surface area contributed by atoms with Gasteiger partial charge in [-0.3, -0.25) is 4.79 Å². The molecule has 3 rings (SSSR count). The molecule has 2 aromatic rings. The SMILES string of the molecule is C=CCn1c(=NC(=O)CCCC)sc2cc3c(cc21)OCCO3. The fraction of sp³-hybridized carbons (Fsp3) is 0.412. The van der Waals surface area contributed by atoms with Gasteiger partial charge in [-0.2, -0.15) is 4.99 Å². The zero-order chi connectivity index (χ0) is 16.2. The number of fused-ring (bicyclic) bond motifs is 2. The van der Waals surface area contributed by atoms with Crippen molar-refractivity contribution in [2.24, 2.45) is 4.99 Å². The Hall–Kier alpha value is -2.08. The van der Waals surface area contributed by atoms with Crippen LogP contribution in [-0.2, 0) is 11.3 Å². The molecule has 5 nitrogen and oxygen atoms in total. The van der Waals surface area contributed by atoms with Crippen molar-refractivity contribution >= 4 is 27.5 Å². The number of ether oxygens (including phenoxy) is 2. The van der Waals surface area contributed by atoms with E-state index in [4.69, 9.17) is 9.47 Å². The second-order valence-electron chi connectivity index (χ2n) is 5.36. The van der Waals surface area contributed by atoms with Crippen molar-refractivity contribution in [2.45, 2.75) is 32.7 Å². The fourth-order valence-electron chi connectivity index (χ4n) is 2.49. The van der Waals surface area contributed by atoms with Crippen LogP contribution >= 0.6 is 11.3 Å². The summed E-state index contributed by atoms with van der Waals surface area (Å²) in [5.41, 5.74) is 0.987. The molecule has 0 saturated carbocycles. The molecule has 2 heterocycles. The minimum absolute atomic E-state index is 0.0755. The fourth-order valence-corrected chi connectivity index (χ4v) is 3.55. The first-order valence-electron chi connectivity index (χ1n) is 7.84. The Kier molecular flexibility index (Phi) is 4.81. The van der Waals surface area contributed by atoms with Crippen molar-refractivity contribution in [1.29, 1.82) is 0 Å². The molecule has 0 N–H and O–H groups in total. The minimum Gasteiger partial charge on any atom is -0.486 e. The van der Waals surface area contributed by atoms with Crippen LogP contribution in [0.4, 0.5) is 0 Å². The molecule has 0 spiro atoms. The van der Waals surface area contributed by atoms with Crippen LogP contribution in [0.1, 0.15) is 26.2 Å². The molecule has 122 valence electrons. The molecule has 1 aromatic carbocycles. The quantitative estimate of drug-likeness (QED) is 0.790. The molecule has 1 amide bonds. The Morgan fingerprint density at radius 2 is 2.13 bits per heavy atom. The Morgan fingerprint density at radius 1 is 1.39 bits per heavy atom. The molecular weight excluding hydrogens is 312 g/mol. The third-order valence-electron chi connectivity index (χ3n) is 3.62. The highest BCUT2D eigenvalue weighted by molar-refractivity contribution is 7.16. The van der Waals surface area contributed by atoms with Crippen LogP contribution in [0, 0.1) is 0 Å². The number of carbonyl (C=O) groups excluding carboxylic acids is 1. The van der Waals surface area contributed by atoms with Crippen molar-refractivity contribution in [2.75, 3.05) is 13.2 Å². The van der Waals surface area contributed by atoms with E-state index in [1.807, 2.05) is 16.7 Å².